The first-order valence-corrected chi connectivity index (χ1v) is 8.02. The van der Waals surface area contributed by atoms with Gasteiger partial charge in [-0.1, -0.05) is 42.1 Å². The number of carbonyl (C=O) groups excluding carboxylic acids is 1. The standard InChI is InChI=1S/C15H15N5O2S/c1-10-17-12(9-22-10)14(21)16-7-8-23-15-18-13(19-20-15)11-5-3-2-4-6-11/h2-6,9H,7-8H2,1H3,(H,16,21)(H,18,19,20). The SMILES string of the molecule is Cc1nc(C(=O)NCCSc2n[nH]c(-c3ccccc3)n2)co1. The summed E-state index contributed by atoms with van der Waals surface area (Å²) in [5.74, 6) is 1.62. The molecule has 0 spiro atoms. The van der Waals surface area contributed by atoms with Gasteiger partial charge in [0.05, 0.1) is 0 Å². The lowest BCUT2D eigenvalue weighted by molar-refractivity contribution is 0.0951. The number of nitrogens with one attached hydrogen (secondary N) is 2. The molecule has 0 radical (unpaired) electrons. The highest BCUT2D eigenvalue weighted by Crippen LogP contribution is 2.18. The van der Waals surface area contributed by atoms with E-state index in [1.165, 1.54) is 18.0 Å². The van der Waals surface area contributed by atoms with Crippen molar-refractivity contribution in [3.8, 4) is 11.4 Å². The Balaban J connectivity index is 1.46. The summed E-state index contributed by atoms with van der Waals surface area (Å²) >= 11 is 1.47. The van der Waals surface area contributed by atoms with Gasteiger partial charge in [0.2, 0.25) is 5.16 Å². The predicted molar refractivity (Wildman–Crippen MR) is 86.1 cm³/mol. The topological polar surface area (TPSA) is 96.7 Å². The van der Waals surface area contributed by atoms with Crippen LogP contribution in [-0.2, 0) is 0 Å². The largest absolute Gasteiger partial charge is 0.448 e. The molecule has 0 aliphatic rings. The van der Waals surface area contributed by atoms with Gasteiger partial charge in [-0.3, -0.25) is 9.89 Å². The summed E-state index contributed by atoms with van der Waals surface area (Å²) in [5, 5.41) is 10.5. The highest BCUT2D eigenvalue weighted by molar-refractivity contribution is 7.99. The fraction of sp³-hybridized carbons (Fsp3) is 0.200. The van der Waals surface area contributed by atoms with E-state index in [2.05, 4.69) is 25.5 Å². The van der Waals surface area contributed by atoms with Crippen molar-refractivity contribution >= 4 is 17.7 Å². The number of aromatic nitrogens is 4. The van der Waals surface area contributed by atoms with Crippen molar-refractivity contribution in [2.24, 2.45) is 0 Å². The molecule has 0 fully saturated rings. The van der Waals surface area contributed by atoms with Gasteiger partial charge in [-0.2, -0.15) is 0 Å². The van der Waals surface area contributed by atoms with Crippen molar-refractivity contribution < 1.29 is 9.21 Å². The van der Waals surface area contributed by atoms with Gasteiger partial charge in [-0.25, -0.2) is 9.97 Å². The highest BCUT2D eigenvalue weighted by Gasteiger charge is 2.10. The quantitative estimate of drug-likeness (QED) is 0.532. The first-order valence-electron chi connectivity index (χ1n) is 7.03. The highest BCUT2D eigenvalue weighted by atomic mass is 32.2. The smallest absolute Gasteiger partial charge is 0.273 e. The van der Waals surface area contributed by atoms with E-state index in [-0.39, 0.29) is 11.6 Å². The van der Waals surface area contributed by atoms with Crippen molar-refractivity contribution in [1.29, 1.82) is 0 Å². The zero-order valence-corrected chi connectivity index (χ0v) is 13.3. The average Bonchev–Trinajstić information content (AvgIpc) is 3.21. The number of benzene rings is 1. The molecule has 0 aliphatic heterocycles. The van der Waals surface area contributed by atoms with Crippen LogP contribution in [0.25, 0.3) is 11.4 Å². The van der Waals surface area contributed by atoms with Gasteiger partial charge < -0.3 is 9.73 Å². The molecule has 7 nitrogen and oxygen atoms in total. The first kappa shape index (κ1) is 15.3. The minimum Gasteiger partial charge on any atom is -0.448 e. The fourth-order valence-corrected chi connectivity index (χ4v) is 2.55. The number of nitrogens with zero attached hydrogens (tertiary/aromatic N) is 3. The Labute approximate surface area is 136 Å². The van der Waals surface area contributed by atoms with Crippen LogP contribution in [0.2, 0.25) is 0 Å². The summed E-state index contributed by atoms with van der Waals surface area (Å²) in [4.78, 5) is 20.2. The van der Waals surface area contributed by atoms with E-state index in [9.17, 15) is 4.79 Å². The van der Waals surface area contributed by atoms with Crippen molar-refractivity contribution in [3.05, 3.63) is 48.2 Å². The van der Waals surface area contributed by atoms with Gasteiger partial charge in [-0.05, 0) is 0 Å². The number of aromatic amines is 1. The van der Waals surface area contributed by atoms with Crippen LogP contribution in [0.1, 0.15) is 16.4 Å². The van der Waals surface area contributed by atoms with E-state index in [4.69, 9.17) is 4.42 Å². The zero-order valence-electron chi connectivity index (χ0n) is 12.4. The van der Waals surface area contributed by atoms with Gasteiger partial charge in [0.1, 0.15) is 6.26 Å². The Kier molecular flexibility index (Phi) is 4.72. The molecule has 0 unspecified atom stereocenters. The van der Waals surface area contributed by atoms with Crippen LogP contribution in [0, 0.1) is 6.92 Å². The lowest BCUT2D eigenvalue weighted by Crippen LogP contribution is -2.26. The van der Waals surface area contributed by atoms with Crippen LogP contribution in [0.15, 0.2) is 46.2 Å². The Hall–Kier alpha value is -2.61. The maximum atomic E-state index is 11.8. The van der Waals surface area contributed by atoms with Crippen molar-refractivity contribution in [2.75, 3.05) is 12.3 Å². The Morgan fingerprint density at radius 1 is 1.30 bits per heavy atom. The van der Waals surface area contributed by atoms with E-state index >= 15 is 0 Å². The molecule has 1 aromatic carbocycles. The molecule has 23 heavy (non-hydrogen) atoms. The number of rotatable bonds is 6. The summed E-state index contributed by atoms with van der Waals surface area (Å²) in [6.07, 6.45) is 1.35. The molecule has 0 bridgehead atoms. The number of aryl methyl sites for hydroxylation is 1. The maximum Gasteiger partial charge on any atom is 0.273 e. The first-order chi connectivity index (χ1) is 11.2. The number of hydrogen-bond donors (Lipinski definition) is 2. The molecule has 8 heteroatoms. The second kappa shape index (κ2) is 7.10. The van der Waals surface area contributed by atoms with Crippen LogP contribution >= 0.6 is 11.8 Å². The third kappa shape index (κ3) is 3.98. The van der Waals surface area contributed by atoms with Gasteiger partial charge in [0.15, 0.2) is 17.4 Å². The van der Waals surface area contributed by atoms with Gasteiger partial charge in [0.25, 0.3) is 5.91 Å². The van der Waals surface area contributed by atoms with Gasteiger partial charge in [-0.15, -0.1) is 5.10 Å². The number of hydrogen-bond acceptors (Lipinski definition) is 6. The Morgan fingerprint density at radius 3 is 2.87 bits per heavy atom. The molecule has 0 saturated heterocycles. The lowest BCUT2D eigenvalue weighted by atomic mass is 10.2. The number of thioether (sulfide) groups is 1. The van der Waals surface area contributed by atoms with Crippen LogP contribution in [-0.4, -0.2) is 38.4 Å². The fourth-order valence-electron chi connectivity index (χ4n) is 1.90. The van der Waals surface area contributed by atoms with Crippen LogP contribution in [0.3, 0.4) is 0 Å². The average molecular weight is 329 g/mol. The molecule has 2 N–H and O–H groups in total. The molecule has 0 saturated carbocycles. The molecule has 1 amide bonds. The number of amides is 1. The third-order valence-electron chi connectivity index (χ3n) is 2.98. The number of oxazole rings is 1. The molecule has 2 aromatic heterocycles. The second-order valence-electron chi connectivity index (χ2n) is 4.69. The number of carbonyl (C=O) groups is 1. The normalized spacial score (nSPS) is 10.7. The molecule has 0 atom stereocenters. The Bertz CT molecular complexity index is 784. The summed E-state index contributed by atoms with van der Waals surface area (Å²) < 4.78 is 5.00. The third-order valence-corrected chi connectivity index (χ3v) is 3.83. The van der Waals surface area contributed by atoms with E-state index in [1.54, 1.807) is 6.92 Å². The van der Waals surface area contributed by atoms with Gasteiger partial charge in [0, 0.05) is 24.8 Å². The molecule has 118 valence electrons. The summed E-state index contributed by atoms with van der Waals surface area (Å²) in [7, 11) is 0. The molecular formula is C15H15N5O2S. The summed E-state index contributed by atoms with van der Waals surface area (Å²) in [6, 6.07) is 9.79. The monoisotopic (exact) mass is 329 g/mol. The predicted octanol–water partition coefficient (Wildman–Crippen LogP) is 2.29. The zero-order chi connectivity index (χ0) is 16.1. The molecule has 3 rings (SSSR count). The van der Waals surface area contributed by atoms with E-state index in [1.807, 2.05) is 30.3 Å². The molecular weight excluding hydrogens is 314 g/mol. The van der Waals surface area contributed by atoms with Crippen molar-refractivity contribution in [2.45, 2.75) is 12.1 Å². The minimum absolute atomic E-state index is 0.248. The van der Waals surface area contributed by atoms with Crippen LogP contribution in [0.5, 0.6) is 0 Å². The number of H-pyrrole nitrogens is 1. The van der Waals surface area contributed by atoms with E-state index < -0.39 is 0 Å². The molecule has 3 aromatic rings. The van der Waals surface area contributed by atoms with Crippen LogP contribution in [0.4, 0.5) is 0 Å². The molecule has 0 aliphatic carbocycles. The maximum absolute atomic E-state index is 11.8. The minimum atomic E-state index is -0.248. The van der Waals surface area contributed by atoms with Crippen molar-refractivity contribution in [1.82, 2.24) is 25.5 Å². The van der Waals surface area contributed by atoms with Gasteiger partial charge >= 0.3 is 0 Å². The van der Waals surface area contributed by atoms with Crippen LogP contribution < -0.4 is 5.32 Å². The van der Waals surface area contributed by atoms with Crippen molar-refractivity contribution in [3.63, 3.8) is 0 Å². The summed E-state index contributed by atoms with van der Waals surface area (Å²) in [5.41, 5.74) is 1.28. The second-order valence-corrected chi connectivity index (χ2v) is 5.75. The lowest BCUT2D eigenvalue weighted by Gasteiger charge is -2.00. The van der Waals surface area contributed by atoms with E-state index in [0.717, 1.165) is 11.4 Å². The molecule has 2 heterocycles. The van der Waals surface area contributed by atoms with E-state index in [0.29, 0.717) is 23.3 Å². The Morgan fingerprint density at radius 2 is 2.13 bits per heavy atom. The summed E-state index contributed by atoms with van der Waals surface area (Å²) in [6.45, 7) is 2.19.